The molecule has 24 heavy (non-hydrogen) atoms. The van der Waals surface area contributed by atoms with E-state index in [4.69, 9.17) is 9.47 Å². The lowest BCUT2D eigenvalue weighted by Crippen LogP contribution is -2.32. The van der Waals surface area contributed by atoms with Crippen LogP contribution in [-0.2, 0) is 6.54 Å². The van der Waals surface area contributed by atoms with Gasteiger partial charge in [-0.1, -0.05) is 0 Å². The Kier molecular flexibility index (Phi) is 5.57. The van der Waals surface area contributed by atoms with Gasteiger partial charge in [0.15, 0.2) is 0 Å². The quantitative estimate of drug-likeness (QED) is 0.863. The highest BCUT2D eigenvalue weighted by atomic mass is 16.5. The summed E-state index contributed by atoms with van der Waals surface area (Å²) in [5.41, 5.74) is 1.60. The molecule has 0 bridgehead atoms. The van der Waals surface area contributed by atoms with Crippen LogP contribution >= 0.6 is 0 Å². The molecule has 0 aliphatic heterocycles. The third-order valence-corrected chi connectivity index (χ3v) is 3.80. The molecule has 1 N–H and O–H groups in total. The molecule has 0 fully saturated rings. The predicted molar refractivity (Wildman–Crippen MR) is 89.9 cm³/mol. The first kappa shape index (κ1) is 17.5. The zero-order valence-corrected chi connectivity index (χ0v) is 14.3. The van der Waals surface area contributed by atoms with Gasteiger partial charge >= 0.3 is 0 Å². The molecule has 0 radical (unpaired) electrons. The molecule has 0 aliphatic rings. The van der Waals surface area contributed by atoms with Crippen molar-refractivity contribution in [2.75, 3.05) is 20.8 Å². The number of methoxy groups -OCH3 is 2. The fraction of sp³-hybridized carbons (Fsp3) is 0.353. The fourth-order valence-electron chi connectivity index (χ4n) is 2.21. The highest BCUT2D eigenvalue weighted by Crippen LogP contribution is 2.23. The molecule has 7 nitrogen and oxygen atoms in total. The van der Waals surface area contributed by atoms with Gasteiger partial charge in [0.2, 0.25) is 0 Å². The van der Waals surface area contributed by atoms with Gasteiger partial charge in [-0.15, -0.1) is 0 Å². The number of hydrogen-bond donors (Lipinski definition) is 1. The van der Waals surface area contributed by atoms with Gasteiger partial charge < -0.3 is 14.8 Å². The van der Waals surface area contributed by atoms with Crippen molar-refractivity contribution in [3.05, 3.63) is 51.7 Å². The van der Waals surface area contributed by atoms with Crippen LogP contribution in [0, 0.1) is 13.8 Å². The van der Waals surface area contributed by atoms with Crippen molar-refractivity contribution in [3.8, 4) is 11.5 Å². The van der Waals surface area contributed by atoms with Crippen molar-refractivity contribution >= 4 is 5.91 Å². The van der Waals surface area contributed by atoms with Gasteiger partial charge in [-0.3, -0.25) is 14.2 Å². The summed E-state index contributed by atoms with van der Waals surface area (Å²) in [6.07, 6.45) is 1.49. The maximum Gasteiger partial charge on any atom is 0.256 e. The van der Waals surface area contributed by atoms with Crippen molar-refractivity contribution in [2.24, 2.45) is 0 Å². The maximum atomic E-state index is 12.3. The molecule has 128 valence electrons. The number of aromatic nitrogens is 2. The molecule has 0 atom stereocenters. The van der Waals surface area contributed by atoms with E-state index in [-0.39, 0.29) is 11.5 Å². The molecule has 0 spiro atoms. The van der Waals surface area contributed by atoms with Crippen molar-refractivity contribution in [1.29, 1.82) is 0 Å². The zero-order chi connectivity index (χ0) is 17.7. The Morgan fingerprint density at radius 1 is 1.25 bits per heavy atom. The second-order valence-corrected chi connectivity index (χ2v) is 5.28. The van der Waals surface area contributed by atoms with Crippen LogP contribution in [0.2, 0.25) is 0 Å². The van der Waals surface area contributed by atoms with Gasteiger partial charge in [-0.05, 0) is 32.0 Å². The number of amides is 1. The summed E-state index contributed by atoms with van der Waals surface area (Å²) in [5.74, 6) is 0.726. The van der Waals surface area contributed by atoms with E-state index in [1.54, 1.807) is 32.0 Å². The van der Waals surface area contributed by atoms with Crippen LogP contribution in [0.25, 0.3) is 0 Å². The third kappa shape index (κ3) is 3.73. The number of ether oxygens (including phenoxy) is 2. The van der Waals surface area contributed by atoms with Crippen molar-refractivity contribution < 1.29 is 14.3 Å². The van der Waals surface area contributed by atoms with Gasteiger partial charge in [-0.25, -0.2) is 4.98 Å². The van der Waals surface area contributed by atoms with Crippen LogP contribution in [0.1, 0.15) is 21.6 Å². The smallest absolute Gasteiger partial charge is 0.256 e. The van der Waals surface area contributed by atoms with E-state index in [1.165, 1.54) is 25.1 Å². The average Bonchev–Trinajstić information content (AvgIpc) is 2.60. The monoisotopic (exact) mass is 331 g/mol. The Hall–Kier alpha value is -2.83. The van der Waals surface area contributed by atoms with Crippen LogP contribution < -0.4 is 20.3 Å². The summed E-state index contributed by atoms with van der Waals surface area (Å²) < 4.78 is 11.8. The second-order valence-electron chi connectivity index (χ2n) is 5.28. The largest absolute Gasteiger partial charge is 0.497 e. The highest BCUT2D eigenvalue weighted by Gasteiger charge is 2.13. The summed E-state index contributed by atoms with van der Waals surface area (Å²) in [6.45, 7) is 4.16. The number of carbonyl (C=O) groups is 1. The molecular formula is C17H21N3O4. The van der Waals surface area contributed by atoms with Crippen LogP contribution in [0.4, 0.5) is 0 Å². The number of carbonyl (C=O) groups excluding carboxylic acids is 1. The number of aryl methyl sites for hydroxylation is 1. The summed E-state index contributed by atoms with van der Waals surface area (Å²) in [4.78, 5) is 28.6. The number of hydrogen-bond acceptors (Lipinski definition) is 5. The van der Waals surface area contributed by atoms with E-state index >= 15 is 0 Å². The lowest BCUT2D eigenvalue weighted by molar-refractivity contribution is 0.0948. The van der Waals surface area contributed by atoms with Crippen LogP contribution in [0.3, 0.4) is 0 Å². The average molecular weight is 331 g/mol. The minimum Gasteiger partial charge on any atom is -0.497 e. The fourth-order valence-corrected chi connectivity index (χ4v) is 2.21. The Morgan fingerprint density at radius 3 is 2.67 bits per heavy atom. The zero-order valence-electron chi connectivity index (χ0n) is 14.3. The Balaban J connectivity index is 2.06. The molecule has 0 unspecified atom stereocenters. The summed E-state index contributed by atoms with van der Waals surface area (Å²) in [7, 11) is 3.03. The number of nitrogens with one attached hydrogen (secondary N) is 1. The van der Waals surface area contributed by atoms with E-state index in [0.717, 1.165) is 0 Å². The van der Waals surface area contributed by atoms with Gasteiger partial charge in [0.1, 0.15) is 11.5 Å². The first-order valence-corrected chi connectivity index (χ1v) is 7.50. The van der Waals surface area contributed by atoms with Gasteiger partial charge in [0.25, 0.3) is 11.5 Å². The molecule has 7 heteroatoms. The maximum absolute atomic E-state index is 12.3. The highest BCUT2D eigenvalue weighted by molar-refractivity contribution is 5.97. The first-order valence-electron chi connectivity index (χ1n) is 7.50. The van der Waals surface area contributed by atoms with Gasteiger partial charge in [0, 0.05) is 24.3 Å². The van der Waals surface area contributed by atoms with E-state index in [1.807, 2.05) is 0 Å². The van der Waals surface area contributed by atoms with E-state index in [2.05, 4.69) is 10.3 Å². The number of nitrogens with zero attached hydrogens (tertiary/aromatic N) is 2. The van der Waals surface area contributed by atoms with Crippen LogP contribution in [-0.4, -0.2) is 36.2 Å². The molecule has 1 aromatic heterocycles. The second kappa shape index (κ2) is 7.63. The number of rotatable bonds is 6. The van der Waals surface area contributed by atoms with E-state index in [0.29, 0.717) is 41.4 Å². The van der Waals surface area contributed by atoms with Crippen molar-refractivity contribution in [1.82, 2.24) is 14.9 Å². The van der Waals surface area contributed by atoms with E-state index in [9.17, 15) is 9.59 Å². The number of benzene rings is 1. The van der Waals surface area contributed by atoms with Gasteiger partial charge in [-0.2, -0.15) is 0 Å². The van der Waals surface area contributed by atoms with Crippen molar-refractivity contribution in [2.45, 2.75) is 20.4 Å². The van der Waals surface area contributed by atoms with Crippen molar-refractivity contribution in [3.63, 3.8) is 0 Å². The predicted octanol–water partition coefficient (Wildman–Crippen LogP) is 1.31. The molecule has 2 aromatic rings. The molecule has 1 amide bonds. The first-order chi connectivity index (χ1) is 11.5. The Bertz CT molecular complexity index is 799. The topological polar surface area (TPSA) is 82.4 Å². The summed E-state index contributed by atoms with van der Waals surface area (Å²) in [6, 6.07) is 5.00. The molecule has 1 heterocycles. The minimum atomic E-state index is -0.296. The lowest BCUT2D eigenvalue weighted by Gasteiger charge is -2.12. The van der Waals surface area contributed by atoms with Gasteiger partial charge in [0.05, 0.1) is 26.1 Å². The van der Waals surface area contributed by atoms with Crippen LogP contribution in [0.5, 0.6) is 11.5 Å². The third-order valence-electron chi connectivity index (χ3n) is 3.80. The SMILES string of the molecule is COc1ccc(OC)c(C(=O)NCCn2cnc(C)c(C)c2=O)c1. The molecular weight excluding hydrogens is 310 g/mol. The molecule has 2 rings (SSSR count). The minimum absolute atomic E-state index is 0.101. The molecule has 1 aromatic carbocycles. The van der Waals surface area contributed by atoms with Crippen LogP contribution in [0.15, 0.2) is 29.3 Å². The molecule has 0 saturated carbocycles. The molecule has 0 aliphatic carbocycles. The summed E-state index contributed by atoms with van der Waals surface area (Å²) in [5, 5.41) is 2.77. The molecule has 0 saturated heterocycles. The standard InChI is InChI=1S/C17H21N3O4/c1-11-12(2)19-10-20(17(11)22)8-7-18-16(21)14-9-13(23-3)5-6-15(14)24-4/h5-6,9-10H,7-8H2,1-4H3,(H,18,21). The summed E-state index contributed by atoms with van der Waals surface area (Å²) >= 11 is 0. The van der Waals surface area contributed by atoms with E-state index < -0.39 is 0 Å². The normalized spacial score (nSPS) is 10.3. The Labute approximate surface area is 140 Å². The lowest BCUT2D eigenvalue weighted by atomic mass is 10.1. The Morgan fingerprint density at radius 2 is 2.00 bits per heavy atom.